The number of amides is 1. The highest BCUT2D eigenvalue weighted by atomic mass is 19.4. The quantitative estimate of drug-likeness (QED) is 0.411. The molecule has 1 atom stereocenters. The summed E-state index contributed by atoms with van der Waals surface area (Å²) in [4.78, 5) is 23.8. The molecule has 3 aromatic heterocycles. The topological polar surface area (TPSA) is 59.7 Å². The summed E-state index contributed by atoms with van der Waals surface area (Å²) >= 11 is 0. The van der Waals surface area contributed by atoms with E-state index in [4.69, 9.17) is 4.74 Å². The molecule has 6 nitrogen and oxygen atoms in total. The van der Waals surface area contributed by atoms with Crippen LogP contribution in [0.2, 0.25) is 0 Å². The Labute approximate surface area is 193 Å². The van der Waals surface area contributed by atoms with Crippen molar-refractivity contribution in [3.8, 4) is 17.1 Å². The van der Waals surface area contributed by atoms with Crippen LogP contribution in [-0.4, -0.2) is 44.4 Å². The fourth-order valence-corrected chi connectivity index (χ4v) is 4.24. The first-order valence-corrected chi connectivity index (χ1v) is 10.9. The molecule has 0 unspecified atom stereocenters. The van der Waals surface area contributed by atoms with E-state index in [1.165, 1.54) is 6.07 Å². The maximum atomic E-state index is 13.6. The van der Waals surface area contributed by atoms with Crippen LogP contribution < -0.4 is 4.74 Å². The first kappa shape index (κ1) is 21.9. The molecule has 1 aliphatic rings. The molecule has 9 heteroatoms. The summed E-state index contributed by atoms with van der Waals surface area (Å²) < 4.78 is 45.8. The van der Waals surface area contributed by atoms with Crippen molar-refractivity contribution in [1.82, 2.24) is 19.3 Å². The Morgan fingerprint density at radius 2 is 1.85 bits per heavy atom. The molecule has 174 valence electrons. The van der Waals surface area contributed by atoms with E-state index in [0.29, 0.717) is 17.9 Å². The van der Waals surface area contributed by atoms with Gasteiger partial charge in [0.05, 0.1) is 17.3 Å². The number of ether oxygens (including phenoxy) is 1. The van der Waals surface area contributed by atoms with Gasteiger partial charge in [-0.3, -0.25) is 9.20 Å². The number of benzene rings is 1. The highest BCUT2D eigenvalue weighted by molar-refractivity contribution is 5.99. The number of nitrogens with zero attached hydrogens (tertiary/aromatic N) is 4. The number of rotatable bonds is 5. The van der Waals surface area contributed by atoms with Crippen molar-refractivity contribution in [2.24, 2.45) is 0 Å². The van der Waals surface area contributed by atoms with Crippen molar-refractivity contribution in [1.29, 1.82) is 0 Å². The van der Waals surface area contributed by atoms with Gasteiger partial charge in [0.25, 0.3) is 5.91 Å². The minimum Gasteiger partial charge on any atom is -0.475 e. The van der Waals surface area contributed by atoms with Crippen molar-refractivity contribution in [2.45, 2.75) is 25.1 Å². The van der Waals surface area contributed by atoms with E-state index in [2.05, 4.69) is 9.97 Å². The van der Waals surface area contributed by atoms with Gasteiger partial charge in [0.2, 0.25) is 5.88 Å². The second-order valence-corrected chi connectivity index (χ2v) is 8.09. The van der Waals surface area contributed by atoms with E-state index in [1.807, 2.05) is 59.1 Å². The lowest BCUT2D eigenvalue weighted by molar-refractivity contribution is -0.137. The number of carbonyl (C=O) groups is 1. The molecule has 0 spiro atoms. The van der Waals surface area contributed by atoms with Crippen molar-refractivity contribution in [3.63, 3.8) is 0 Å². The van der Waals surface area contributed by atoms with E-state index < -0.39 is 11.7 Å². The molecule has 0 saturated carbocycles. The minimum atomic E-state index is -4.45. The molecule has 1 fully saturated rings. The Hall–Kier alpha value is -3.88. The Kier molecular flexibility index (Phi) is 5.69. The van der Waals surface area contributed by atoms with Crippen LogP contribution in [0.4, 0.5) is 13.2 Å². The number of imidazole rings is 1. The molecule has 5 rings (SSSR count). The minimum absolute atomic E-state index is 0.0880. The molecule has 4 heterocycles. The molecule has 0 bridgehead atoms. The van der Waals surface area contributed by atoms with Crippen LogP contribution >= 0.6 is 0 Å². The second-order valence-electron chi connectivity index (χ2n) is 8.09. The number of pyridine rings is 2. The van der Waals surface area contributed by atoms with Crippen LogP contribution in [0.25, 0.3) is 16.9 Å². The van der Waals surface area contributed by atoms with Crippen LogP contribution in [0, 0.1) is 0 Å². The monoisotopic (exact) mass is 466 g/mol. The highest BCUT2D eigenvalue weighted by Crippen LogP contribution is 2.30. The van der Waals surface area contributed by atoms with Gasteiger partial charge in [-0.1, -0.05) is 36.4 Å². The molecule has 34 heavy (non-hydrogen) atoms. The average molecular weight is 466 g/mol. The van der Waals surface area contributed by atoms with Gasteiger partial charge in [-0.2, -0.15) is 13.2 Å². The Morgan fingerprint density at radius 3 is 2.59 bits per heavy atom. The summed E-state index contributed by atoms with van der Waals surface area (Å²) in [5, 5.41) is 0. The summed E-state index contributed by atoms with van der Waals surface area (Å²) in [6.45, 7) is 0.688. The maximum absolute atomic E-state index is 13.6. The maximum Gasteiger partial charge on any atom is 0.417 e. The van der Waals surface area contributed by atoms with Crippen LogP contribution in [-0.2, 0) is 6.18 Å². The number of carbonyl (C=O) groups excluding carboxylic acids is 1. The third kappa shape index (κ3) is 4.21. The summed E-state index contributed by atoms with van der Waals surface area (Å²) in [5.74, 6) is -0.112. The van der Waals surface area contributed by atoms with E-state index in [-0.39, 0.29) is 24.4 Å². The first-order chi connectivity index (χ1) is 16.4. The lowest BCUT2D eigenvalue weighted by atomic mass is 10.1. The Bertz CT molecular complexity index is 1300. The van der Waals surface area contributed by atoms with Crippen LogP contribution in [0.1, 0.15) is 28.9 Å². The fourth-order valence-electron chi connectivity index (χ4n) is 4.24. The largest absolute Gasteiger partial charge is 0.475 e. The van der Waals surface area contributed by atoms with Gasteiger partial charge in [-0.05, 0) is 31.0 Å². The molecule has 4 aromatic rings. The molecular formula is C25H21F3N4O2. The van der Waals surface area contributed by atoms with Crippen LogP contribution in [0.15, 0.2) is 73.1 Å². The summed E-state index contributed by atoms with van der Waals surface area (Å²) in [7, 11) is 0. The molecule has 1 aliphatic heterocycles. The number of aromatic nitrogens is 3. The van der Waals surface area contributed by atoms with Gasteiger partial charge in [0.15, 0.2) is 5.69 Å². The van der Waals surface area contributed by atoms with Crippen LogP contribution in [0.3, 0.4) is 0 Å². The zero-order valence-corrected chi connectivity index (χ0v) is 18.1. The lowest BCUT2D eigenvalue weighted by Crippen LogP contribution is -2.39. The van der Waals surface area contributed by atoms with E-state index in [0.717, 1.165) is 36.4 Å². The first-order valence-electron chi connectivity index (χ1n) is 10.9. The average Bonchev–Trinajstić information content (AvgIpc) is 3.47. The number of hydrogen-bond acceptors (Lipinski definition) is 4. The zero-order chi connectivity index (χ0) is 23.7. The standard InChI is InChI=1S/C25H21F3N4O2/c26-25(27,28)18-11-12-21(29-15-18)34-16-19-9-6-14-31(19)24(33)22-23(17-7-2-1-3-8-17)32-13-5-4-10-20(32)30-22/h1-5,7-8,10-13,15,19H,6,9,14,16H2/t19-/m0/s1. The van der Waals surface area contributed by atoms with Crippen molar-refractivity contribution in [2.75, 3.05) is 13.2 Å². The van der Waals surface area contributed by atoms with Gasteiger partial charge >= 0.3 is 6.18 Å². The number of alkyl halides is 3. The summed E-state index contributed by atoms with van der Waals surface area (Å²) in [6.07, 6.45) is -0.308. The summed E-state index contributed by atoms with van der Waals surface area (Å²) in [6, 6.07) is 17.1. The molecule has 0 N–H and O–H groups in total. The fraction of sp³-hybridized carbons (Fsp3) is 0.240. The van der Waals surface area contributed by atoms with Gasteiger partial charge in [0, 0.05) is 30.6 Å². The Morgan fingerprint density at radius 1 is 1.06 bits per heavy atom. The van der Waals surface area contributed by atoms with Gasteiger partial charge in [-0.15, -0.1) is 0 Å². The van der Waals surface area contributed by atoms with E-state index >= 15 is 0 Å². The molecule has 1 amide bonds. The SMILES string of the molecule is O=C(c1nc2ccccn2c1-c1ccccc1)N1CCC[C@H]1COc1ccc(C(F)(F)F)cn1. The van der Waals surface area contributed by atoms with Crippen molar-refractivity contribution in [3.05, 3.63) is 84.3 Å². The number of fused-ring (bicyclic) bond motifs is 1. The zero-order valence-electron chi connectivity index (χ0n) is 18.1. The van der Waals surface area contributed by atoms with Crippen molar-refractivity contribution < 1.29 is 22.7 Å². The summed E-state index contributed by atoms with van der Waals surface area (Å²) in [5.41, 5.74) is 1.79. The number of halogens is 3. The number of likely N-dealkylation sites (tertiary alicyclic amines) is 1. The number of hydrogen-bond donors (Lipinski definition) is 0. The normalized spacial score (nSPS) is 16.2. The van der Waals surface area contributed by atoms with Gasteiger partial charge < -0.3 is 9.64 Å². The van der Waals surface area contributed by atoms with Crippen LogP contribution in [0.5, 0.6) is 5.88 Å². The predicted molar refractivity (Wildman–Crippen MR) is 119 cm³/mol. The predicted octanol–water partition coefficient (Wildman–Crippen LogP) is 5.10. The molecule has 1 saturated heterocycles. The lowest BCUT2D eigenvalue weighted by Gasteiger charge is -2.24. The third-order valence-electron chi connectivity index (χ3n) is 5.90. The third-order valence-corrected chi connectivity index (χ3v) is 5.90. The van der Waals surface area contributed by atoms with E-state index in [9.17, 15) is 18.0 Å². The second kappa shape index (κ2) is 8.81. The Balaban J connectivity index is 1.38. The smallest absolute Gasteiger partial charge is 0.417 e. The molecular weight excluding hydrogens is 445 g/mol. The van der Waals surface area contributed by atoms with Gasteiger partial charge in [0.1, 0.15) is 12.3 Å². The molecule has 1 aromatic carbocycles. The van der Waals surface area contributed by atoms with Gasteiger partial charge in [-0.25, -0.2) is 9.97 Å². The molecule has 0 aliphatic carbocycles. The molecule has 0 radical (unpaired) electrons. The van der Waals surface area contributed by atoms with Crippen molar-refractivity contribution >= 4 is 11.6 Å². The van der Waals surface area contributed by atoms with E-state index in [1.54, 1.807) is 4.90 Å². The highest BCUT2D eigenvalue weighted by Gasteiger charge is 2.34.